The van der Waals surface area contributed by atoms with Crippen LogP contribution in [0.4, 0.5) is 5.69 Å². The van der Waals surface area contributed by atoms with Crippen LogP contribution in [0.15, 0.2) is 24.3 Å². The molecule has 0 aromatic heterocycles. The summed E-state index contributed by atoms with van der Waals surface area (Å²) in [6.45, 7) is 7.27. The van der Waals surface area contributed by atoms with Crippen LogP contribution >= 0.6 is 0 Å². The Morgan fingerprint density at radius 1 is 1.40 bits per heavy atom. The molecule has 1 aromatic rings. The van der Waals surface area contributed by atoms with Gasteiger partial charge in [-0.2, -0.15) is 0 Å². The molecule has 1 N–H and O–H groups in total. The first kappa shape index (κ1) is 16.1. The highest BCUT2D eigenvalue weighted by Gasteiger charge is 2.21. The summed E-state index contributed by atoms with van der Waals surface area (Å²) < 4.78 is 5.15. The van der Waals surface area contributed by atoms with Gasteiger partial charge < -0.3 is 9.64 Å². The molecule has 0 aliphatic rings. The topological polar surface area (TPSA) is 73.9 Å². The molecule has 1 unspecified atom stereocenters. The first-order chi connectivity index (χ1) is 9.21. The minimum absolute atomic E-state index is 0.0813. The number of ether oxygens (including phenoxy) is 1. The third-order valence-corrected chi connectivity index (χ3v) is 3.28. The highest BCUT2D eigenvalue weighted by Crippen LogP contribution is 2.13. The zero-order valence-corrected chi connectivity index (χ0v) is 12.3. The lowest BCUT2D eigenvalue weighted by Gasteiger charge is -2.28. The van der Waals surface area contributed by atoms with Crippen molar-refractivity contribution in [1.82, 2.24) is 0 Å². The van der Waals surface area contributed by atoms with Gasteiger partial charge in [0.1, 0.15) is 13.2 Å². The summed E-state index contributed by atoms with van der Waals surface area (Å²) in [5.41, 5.74) is 0.169. The van der Waals surface area contributed by atoms with Crippen molar-refractivity contribution in [3.8, 4) is 0 Å². The Bertz CT molecular complexity index is 494. The maximum absolute atomic E-state index is 11.8. The minimum Gasteiger partial charge on any atom is -0.456 e. The fourth-order valence-electron chi connectivity index (χ4n) is 1.50. The van der Waals surface area contributed by atoms with Gasteiger partial charge in [0.15, 0.2) is 0 Å². The van der Waals surface area contributed by atoms with Crippen molar-refractivity contribution < 1.29 is 19.4 Å². The molecule has 6 heteroatoms. The average molecular weight is 281 g/mol. The van der Waals surface area contributed by atoms with Crippen molar-refractivity contribution in [2.24, 2.45) is 0 Å². The van der Waals surface area contributed by atoms with E-state index in [2.05, 4.69) is 20.8 Å². The monoisotopic (exact) mass is 281 g/mol. The number of quaternary nitrogens is 1. The predicted octanol–water partition coefficient (Wildman–Crippen LogP) is 1.06. The fraction of sp³-hybridized carbons (Fsp3) is 0.500. The molecule has 1 atom stereocenters. The summed E-state index contributed by atoms with van der Waals surface area (Å²) in [4.78, 5) is 23.1. The van der Waals surface area contributed by atoms with Crippen LogP contribution in [-0.4, -0.2) is 36.6 Å². The third kappa shape index (κ3) is 4.62. The number of nitrogens with zero attached hydrogens (tertiary/aromatic N) is 1. The zero-order chi connectivity index (χ0) is 15.3. The number of carbonyl (C=O) groups excluding carboxylic acids is 1. The number of rotatable bonds is 5. The lowest BCUT2D eigenvalue weighted by Crippen LogP contribution is -3.16. The standard InChI is InChI=1S/C14H20N2O4/c1-14(2,3)15(4)8-9-20-13(17)11-6-5-7-12(10-11)16(18)19/h5-7,10H,8-9H2,1-4H3/p+1. The van der Waals surface area contributed by atoms with Gasteiger partial charge in [0, 0.05) is 12.1 Å². The average Bonchev–Trinajstić information content (AvgIpc) is 2.37. The quantitative estimate of drug-likeness (QED) is 0.497. The number of likely N-dealkylation sites (N-methyl/N-ethyl adjacent to an activating group) is 1. The first-order valence-corrected chi connectivity index (χ1v) is 6.46. The molecule has 0 aliphatic carbocycles. The van der Waals surface area contributed by atoms with Gasteiger partial charge in [0.05, 0.1) is 23.1 Å². The summed E-state index contributed by atoms with van der Waals surface area (Å²) in [6.07, 6.45) is 0. The van der Waals surface area contributed by atoms with Gasteiger partial charge >= 0.3 is 5.97 Å². The number of nitro benzene ring substituents is 1. The molecule has 0 amide bonds. The van der Waals surface area contributed by atoms with E-state index >= 15 is 0 Å². The summed E-state index contributed by atoms with van der Waals surface area (Å²) in [7, 11) is 2.03. The van der Waals surface area contributed by atoms with Crippen LogP contribution in [0.2, 0.25) is 0 Å². The van der Waals surface area contributed by atoms with Gasteiger partial charge in [0.25, 0.3) is 5.69 Å². The molecule has 0 heterocycles. The highest BCUT2D eigenvalue weighted by atomic mass is 16.6. The van der Waals surface area contributed by atoms with Gasteiger partial charge in [-0.1, -0.05) is 6.07 Å². The second-order valence-corrected chi connectivity index (χ2v) is 5.72. The lowest BCUT2D eigenvalue weighted by molar-refractivity contribution is -0.927. The van der Waals surface area contributed by atoms with E-state index in [1.165, 1.54) is 29.2 Å². The number of nitro groups is 1. The van der Waals surface area contributed by atoms with E-state index < -0.39 is 10.9 Å². The Kier molecular flexibility index (Phi) is 5.21. The first-order valence-electron chi connectivity index (χ1n) is 6.46. The normalized spacial score (nSPS) is 12.8. The third-order valence-electron chi connectivity index (χ3n) is 3.28. The maximum atomic E-state index is 11.8. The number of non-ortho nitro benzene ring substituents is 1. The van der Waals surface area contributed by atoms with E-state index in [4.69, 9.17) is 4.74 Å². The molecule has 0 saturated heterocycles. The van der Waals surface area contributed by atoms with Gasteiger partial charge in [-0.15, -0.1) is 0 Å². The zero-order valence-electron chi connectivity index (χ0n) is 12.3. The van der Waals surface area contributed by atoms with E-state index in [1.807, 2.05) is 7.05 Å². The summed E-state index contributed by atoms with van der Waals surface area (Å²) in [5, 5.41) is 10.6. The fourth-order valence-corrected chi connectivity index (χ4v) is 1.50. The van der Waals surface area contributed by atoms with Crippen molar-refractivity contribution in [1.29, 1.82) is 0 Å². The largest absolute Gasteiger partial charge is 0.456 e. The summed E-state index contributed by atoms with van der Waals surface area (Å²) in [6, 6.07) is 5.55. The molecule has 20 heavy (non-hydrogen) atoms. The maximum Gasteiger partial charge on any atom is 0.338 e. The number of carbonyl (C=O) groups is 1. The SMILES string of the molecule is C[NH+](CCOC(=O)c1cccc([N+](=O)[O-])c1)C(C)(C)C. The Morgan fingerprint density at radius 2 is 2.05 bits per heavy atom. The van der Waals surface area contributed by atoms with Crippen molar-refractivity contribution in [3.63, 3.8) is 0 Å². The molecule has 1 rings (SSSR count). The lowest BCUT2D eigenvalue weighted by atomic mass is 10.1. The molecule has 0 aliphatic heterocycles. The Balaban J connectivity index is 2.56. The molecule has 1 aromatic carbocycles. The number of benzene rings is 1. The second kappa shape index (κ2) is 6.47. The van der Waals surface area contributed by atoms with Gasteiger partial charge in [-0.25, -0.2) is 4.79 Å². The molecule has 0 saturated carbocycles. The molecule has 0 spiro atoms. The Labute approximate surface area is 118 Å². The van der Waals surface area contributed by atoms with E-state index in [-0.39, 0.29) is 23.4 Å². The smallest absolute Gasteiger partial charge is 0.338 e. The van der Waals surface area contributed by atoms with Crippen LogP contribution in [-0.2, 0) is 4.74 Å². The van der Waals surface area contributed by atoms with Gasteiger partial charge in [-0.05, 0) is 26.8 Å². The minimum atomic E-state index is -0.533. The van der Waals surface area contributed by atoms with E-state index in [1.54, 1.807) is 0 Å². The highest BCUT2D eigenvalue weighted by molar-refractivity contribution is 5.90. The predicted molar refractivity (Wildman–Crippen MR) is 74.9 cm³/mol. The Hall–Kier alpha value is -1.95. The van der Waals surface area contributed by atoms with E-state index in [0.29, 0.717) is 6.54 Å². The van der Waals surface area contributed by atoms with Gasteiger partial charge in [0.2, 0.25) is 0 Å². The molecule has 0 bridgehead atoms. The van der Waals surface area contributed by atoms with E-state index in [9.17, 15) is 14.9 Å². The number of nitrogens with one attached hydrogen (secondary N) is 1. The van der Waals surface area contributed by atoms with Crippen LogP contribution in [0.5, 0.6) is 0 Å². The molecular formula is C14H21N2O4+. The van der Waals surface area contributed by atoms with Crippen molar-refractivity contribution >= 4 is 11.7 Å². The molecule has 0 radical (unpaired) electrons. The number of hydrogen-bond acceptors (Lipinski definition) is 4. The van der Waals surface area contributed by atoms with Crippen LogP contribution in [0.1, 0.15) is 31.1 Å². The second-order valence-electron chi connectivity index (χ2n) is 5.72. The number of esters is 1. The van der Waals surface area contributed by atoms with Crippen LogP contribution < -0.4 is 4.90 Å². The summed E-state index contributed by atoms with van der Waals surface area (Å²) in [5.74, 6) is -0.532. The van der Waals surface area contributed by atoms with Crippen molar-refractivity contribution in [3.05, 3.63) is 39.9 Å². The van der Waals surface area contributed by atoms with Crippen LogP contribution in [0.3, 0.4) is 0 Å². The van der Waals surface area contributed by atoms with Gasteiger partial charge in [-0.3, -0.25) is 10.1 Å². The van der Waals surface area contributed by atoms with Crippen LogP contribution in [0, 0.1) is 10.1 Å². The Morgan fingerprint density at radius 3 is 2.60 bits per heavy atom. The van der Waals surface area contributed by atoms with Crippen LogP contribution in [0.25, 0.3) is 0 Å². The summed E-state index contributed by atoms with van der Waals surface area (Å²) >= 11 is 0. The van der Waals surface area contributed by atoms with Crippen molar-refractivity contribution in [2.45, 2.75) is 26.3 Å². The van der Waals surface area contributed by atoms with E-state index in [0.717, 1.165) is 0 Å². The molecule has 110 valence electrons. The molecule has 6 nitrogen and oxygen atoms in total. The molecular weight excluding hydrogens is 260 g/mol. The number of hydrogen-bond donors (Lipinski definition) is 1. The molecule has 0 fully saturated rings. The van der Waals surface area contributed by atoms with Crippen molar-refractivity contribution in [2.75, 3.05) is 20.2 Å².